The topological polar surface area (TPSA) is 0 Å². The molecule has 0 spiro atoms. The zero-order chi connectivity index (χ0) is 8.85. The Morgan fingerprint density at radius 1 is 1.18 bits per heavy atom. The largest absolute Gasteiger partial charge is 0.207 e. The Balaban J connectivity index is 4.95. The number of hydrogen-bond donors (Lipinski definition) is 0. The Labute approximate surface area is 65.2 Å². The lowest BCUT2D eigenvalue weighted by Gasteiger charge is -1.96. The van der Waals surface area contributed by atoms with Gasteiger partial charge in [0.25, 0.3) is 0 Å². The van der Waals surface area contributed by atoms with Crippen molar-refractivity contribution in [1.82, 2.24) is 0 Å². The van der Waals surface area contributed by atoms with Crippen LogP contribution in [-0.2, 0) is 0 Å². The minimum absolute atomic E-state index is 0.150. The quantitative estimate of drug-likeness (QED) is 0.549. The van der Waals surface area contributed by atoms with E-state index in [-0.39, 0.29) is 5.57 Å². The molecule has 0 aliphatic heterocycles. The molecule has 0 saturated heterocycles. The van der Waals surface area contributed by atoms with Crippen LogP contribution < -0.4 is 0 Å². The molecule has 0 aromatic heterocycles. The van der Waals surface area contributed by atoms with Crippen LogP contribution >= 0.6 is 0 Å². The van der Waals surface area contributed by atoms with Gasteiger partial charge in [-0.05, 0) is 13.0 Å². The fourth-order valence-corrected chi connectivity index (χ4v) is 0.575. The summed E-state index contributed by atoms with van der Waals surface area (Å²) in [6, 6.07) is 0. The highest BCUT2D eigenvalue weighted by molar-refractivity contribution is 5.39. The van der Waals surface area contributed by atoms with Crippen LogP contribution in [0.15, 0.2) is 48.6 Å². The zero-order valence-electron chi connectivity index (χ0n) is 6.40. The number of rotatable bonds is 3. The summed E-state index contributed by atoms with van der Waals surface area (Å²) >= 11 is 0. The maximum atomic E-state index is 12.7. The van der Waals surface area contributed by atoms with Gasteiger partial charge in [-0.15, -0.1) is 0 Å². The summed E-state index contributed by atoms with van der Waals surface area (Å²) in [4.78, 5) is 0. The van der Waals surface area contributed by atoms with Gasteiger partial charge in [0.2, 0.25) is 0 Å². The van der Waals surface area contributed by atoms with Crippen molar-refractivity contribution in [3.8, 4) is 0 Å². The molecule has 0 N–H and O–H groups in total. The first-order valence-electron chi connectivity index (χ1n) is 3.14. The molecule has 0 amide bonds. The molecule has 0 aliphatic carbocycles. The van der Waals surface area contributed by atoms with Crippen molar-refractivity contribution in [3.63, 3.8) is 0 Å². The second kappa shape index (κ2) is 4.61. The molecule has 11 heavy (non-hydrogen) atoms. The van der Waals surface area contributed by atoms with Crippen LogP contribution in [0.25, 0.3) is 0 Å². The molecule has 60 valence electrons. The van der Waals surface area contributed by atoms with Crippen molar-refractivity contribution in [1.29, 1.82) is 0 Å². The molecule has 0 rings (SSSR count). The molecule has 0 aromatic rings. The van der Waals surface area contributed by atoms with Crippen molar-refractivity contribution in [2.75, 3.05) is 0 Å². The summed E-state index contributed by atoms with van der Waals surface area (Å²) in [7, 11) is 0. The third kappa shape index (κ3) is 2.50. The molecule has 0 unspecified atom stereocenters. The predicted octanol–water partition coefficient (Wildman–Crippen LogP) is 3.46. The lowest BCUT2D eigenvalue weighted by Crippen LogP contribution is -1.81. The fraction of sp³-hybridized carbons (Fsp3) is 0.111. The summed E-state index contributed by atoms with van der Waals surface area (Å²) in [6.45, 7) is 7.93. The van der Waals surface area contributed by atoms with Gasteiger partial charge in [0.1, 0.15) is 11.7 Å². The molecule has 0 radical (unpaired) electrons. The molecular formula is C9H10F2. The Kier molecular flexibility index (Phi) is 4.11. The smallest absolute Gasteiger partial charge is 0.132 e. The normalized spacial score (nSPS) is 13.9. The van der Waals surface area contributed by atoms with Crippen molar-refractivity contribution >= 4 is 0 Å². The standard InChI is InChI=1S/C9H10F2/c1-4-7(8(10)5-2)9(11)6-3/h4-6H,1-2H2,3H3/b8-7+,9-6+. The summed E-state index contributed by atoms with van der Waals surface area (Å²) in [5.74, 6) is -1.33. The second-order valence-corrected chi connectivity index (χ2v) is 1.81. The van der Waals surface area contributed by atoms with E-state index in [4.69, 9.17) is 0 Å². The monoisotopic (exact) mass is 156 g/mol. The van der Waals surface area contributed by atoms with E-state index in [1.54, 1.807) is 0 Å². The average molecular weight is 156 g/mol. The van der Waals surface area contributed by atoms with Crippen LogP contribution in [0.1, 0.15) is 6.92 Å². The maximum absolute atomic E-state index is 12.7. The zero-order valence-corrected chi connectivity index (χ0v) is 6.40. The van der Waals surface area contributed by atoms with Crippen molar-refractivity contribution < 1.29 is 8.78 Å². The first kappa shape index (κ1) is 9.82. The van der Waals surface area contributed by atoms with E-state index in [0.717, 1.165) is 12.2 Å². The number of halogens is 2. The van der Waals surface area contributed by atoms with Gasteiger partial charge in [-0.1, -0.05) is 25.3 Å². The van der Waals surface area contributed by atoms with Gasteiger partial charge in [-0.2, -0.15) is 0 Å². The average Bonchev–Trinajstić information content (AvgIpc) is 2.05. The number of allylic oxidation sites excluding steroid dienone is 6. The Bertz CT molecular complexity index is 222. The van der Waals surface area contributed by atoms with Gasteiger partial charge >= 0.3 is 0 Å². The molecule has 0 atom stereocenters. The summed E-state index contributed by atoms with van der Waals surface area (Å²) in [5.41, 5.74) is -0.150. The van der Waals surface area contributed by atoms with Crippen LogP contribution in [0, 0.1) is 0 Å². The van der Waals surface area contributed by atoms with Gasteiger partial charge < -0.3 is 0 Å². The summed E-state index contributed by atoms with van der Waals surface area (Å²) < 4.78 is 25.3. The van der Waals surface area contributed by atoms with Crippen molar-refractivity contribution in [3.05, 3.63) is 48.6 Å². The molecule has 0 nitrogen and oxygen atoms in total. The molecule has 2 heteroatoms. The van der Waals surface area contributed by atoms with E-state index < -0.39 is 11.7 Å². The Hall–Kier alpha value is -1.18. The van der Waals surface area contributed by atoms with E-state index in [2.05, 4.69) is 13.2 Å². The molecule has 0 heterocycles. The lowest BCUT2D eigenvalue weighted by atomic mass is 10.2. The minimum atomic E-state index is -0.699. The molecule has 0 fully saturated rings. The second-order valence-electron chi connectivity index (χ2n) is 1.81. The lowest BCUT2D eigenvalue weighted by molar-refractivity contribution is 0.617. The maximum Gasteiger partial charge on any atom is 0.132 e. The summed E-state index contributed by atoms with van der Waals surface area (Å²) in [5, 5.41) is 0. The SMILES string of the molecule is C=C/C(F)=C(C=C)\C(F)=C/C. The van der Waals surface area contributed by atoms with Crippen LogP contribution in [0.3, 0.4) is 0 Å². The van der Waals surface area contributed by atoms with Gasteiger partial charge in [0.15, 0.2) is 0 Å². The molecule has 0 saturated carbocycles. The summed E-state index contributed by atoms with van der Waals surface area (Å²) in [6.07, 6.45) is 3.23. The third-order valence-corrected chi connectivity index (χ3v) is 1.15. The Morgan fingerprint density at radius 2 is 1.73 bits per heavy atom. The van der Waals surface area contributed by atoms with Crippen LogP contribution in [-0.4, -0.2) is 0 Å². The fourth-order valence-electron chi connectivity index (χ4n) is 0.575. The van der Waals surface area contributed by atoms with E-state index in [1.165, 1.54) is 13.0 Å². The highest BCUT2D eigenvalue weighted by atomic mass is 19.1. The highest BCUT2D eigenvalue weighted by Gasteiger charge is 2.03. The first-order chi connectivity index (χ1) is 5.17. The van der Waals surface area contributed by atoms with E-state index >= 15 is 0 Å². The third-order valence-electron chi connectivity index (χ3n) is 1.15. The van der Waals surface area contributed by atoms with Crippen LogP contribution in [0.5, 0.6) is 0 Å². The van der Waals surface area contributed by atoms with Gasteiger partial charge in [-0.3, -0.25) is 0 Å². The first-order valence-corrected chi connectivity index (χ1v) is 3.14. The highest BCUT2D eigenvalue weighted by Crippen LogP contribution is 2.18. The number of hydrogen-bond acceptors (Lipinski definition) is 0. The van der Waals surface area contributed by atoms with E-state index in [0.29, 0.717) is 0 Å². The van der Waals surface area contributed by atoms with Crippen LogP contribution in [0.4, 0.5) is 8.78 Å². The van der Waals surface area contributed by atoms with Gasteiger partial charge in [0, 0.05) is 5.57 Å². The van der Waals surface area contributed by atoms with E-state index in [9.17, 15) is 8.78 Å². The van der Waals surface area contributed by atoms with Crippen molar-refractivity contribution in [2.45, 2.75) is 6.92 Å². The Morgan fingerprint density at radius 3 is 2.00 bits per heavy atom. The van der Waals surface area contributed by atoms with E-state index in [1.807, 2.05) is 0 Å². The van der Waals surface area contributed by atoms with Crippen molar-refractivity contribution in [2.24, 2.45) is 0 Å². The van der Waals surface area contributed by atoms with Gasteiger partial charge in [-0.25, -0.2) is 8.78 Å². The molecule has 0 aliphatic rings. The molecule has 0 aromatic carbocycles. The van der Waals surface area contributed by atoms with Gasteiger partial charge in [0.05, 0.1) is 0 Å². The molecule has 0 bridgehead atoms. The van der Waals surface area contributed by atoms with Crippen LogP contribution in [0.2, 0.25) is 0 Å². The molecular weight excluding hydrogens is 146 g/mol. The minimum Gasteiger partial charge on any atom is -0.207 e. The predicted molar refractivity (Wildman–Crippen MR) is 43.4 cm³/mol.